The highest BCUT2D eigenvalue weighted by atomic mass is 35.5. The van der Waals surface area contributed by atoms with Gasteiger partial charge in [-0.2, -0.15) is 0 Å². The molecule has 0 bridgehead atoms. The molecule has 2 amide bonds. The van der Waals surface area contributed by atoms with Crippen LogP contribution < -0.4 is 10.6 Å². The fourth-order valence-corrected chi connectivity index (χ4v) is 3.63. The highest BCUT2D eigenvalue weighted by Crippen LogP contribution is 2.43. The van der Waals surface area contributed by atoms with E-state index in [-0.39, 0.29) is 40.1 Å². The van der Waals surface area contributed by atoms with Gasteiger partial charge < -0.3 is 15.7 Å². The Morgan fingerprint density at radius 3 is 2.50 bits per heavy atom. The first-order valence-electron chi connectivity index (χ1n) is 9.32. The molecule has 0 aromatic heterocycles. The minimum atomic E-state index is -0.773. The van der Waals surface area contributed by atoms with Crippen LogP contribution in [0.2, 0.25) is 5.02 Å². The zero-order valence-electron chi connectivity index (χ0n) is 16.0. The van der Waals surface area contributed by atoms with Crippen molar-refractivity contribution in [1.29, 1.82) is 0 Å². The van der Waals surface area contributed by atoms with Crippen LogP contribution in [0.3, 0.4) is 0 Å². The fraction of sp³-hybridized carbons (Fsp3) is 0.579. The summed E-state index contributed by atoms with van der Waals surface area (Å²) in [5.41, 5.74) is -0.201. The first kappa shape index (κ1) is 22.1. The van der Waals surface area contributed by atoms with Crippen molar-refractivity contribution in [3.05, 3.63) is 38.9 Å². The predicted octanol–water partition coefficient (Wildman–Crippen LogP) is 2.67. The average molecular weight is 412 g/mol. The molecular formula is C19H26ClN3O5. The molecule has 154 valence electrons. The molecule has 9 heteroatoms. The van der Waals surface area contributed by atoms with E-state index < -0.39 is 16.9 Å². The lowest BCUT2D eigenvalue weighted by molar-refractivity contribution is -0.384. The van der Waals surface area contributed by atoms with Gasteiger partial charge in [0.25, 0.3) is 11.6 Å². The number of aliphatic hydroxyl groups excluding tert-OH is 1. The average Bonchev–Trinajstić information content (AvgIpc) is 2.60. The second-order valence-electron chi connectivity index (χ2n) is 7.66. The van der Waals surface area contributed by atoms with E-state index in [2.05, 4.69) is 10.6 Å². The van der Waals surface area contributed by atoms with Gasteiger partial charge in [0.05, 0.1) is 15.5 Å². The highest BCUT2D eigenvalue weighted by molar-refractivity contribution is 6.34. The van der Waals surface area contributed by atoms with Gasteiger partial charge in [0, 0.05) is 25.3 Å². The fourth-order valence-electron chi connectivity index (χ4n) is 3.37. The number of nitrogens with one attached hydrogen (secondary N) is 2. The summed E-state index contributed by atoms with van der Waals surface area (Å²) < 4.78 is 0. The molecule has 8 nitrogen and oxygen atoms in total. The van der Waals surface area contributed by atoms with E-state index in [0.29, 0.717) is 13.0 Å². The van der Waals surface area contributed by atoms with E-state index in [9.17, 15) is 24.8 Å². The third-order valence-corrected chi connectivity index (χ3v) is 5.65. The van der Waals surface area contributed by atoms with Crippen molar-refractivity contribution in [2.24, 2.45) is 11.3 Å². The molecule has 0 spiro atoms. The Bertz CT molecular complexity index is 749. The summed E-state index contributed by atoms with van der Waals surface area (Å²) in [5, 5.41) is 25.5. The SMILES string of the molecule is CC(C)[C@H](NC(=O)c1ccc([N+](=O)[O-])cc1Cl)C(=O)NCC1(CCO)CCC1. The summed E-state index contributed by atoms with van der Waals surface area (Å²) >= 11 is 6.00. The number of nitro groups is 1. The summed E-state index contributed by atoms with van der Waals surface area (Å²) in [5.74, 6) is -1.04. The largest absolute Gasteiger partial charge is 0.396 e. The van der Waals surface area contributed by atoms with Crippen molar-refractivity contribution in [2.75, 3.05) is 13.2 Å². The lowest BCUT2D eigenvalue weighted by atomic mass is 9.66. The van der Waals surface area contributed by atoms with E-state index in [1.807, 2.05) is 13.8 Å². The lowest BCUT2D eigenvalue weighted by Crippen LogP contribution is -2.52. The number of nitro benzene ring substituents is 1. The maximum atomic E-state index is 12.7. The number of non-ortho nitro benzene ring substituents is 1. The number of carbonyl (C=O) groups excluding carboxylic acids is 2. The number of rotatable bonds is 9. The Morgan fingerprint density at radius 2 is 2.04 bits per heavy atom. The van der Waals surface area contributed by atoms with Crippen LogP contribution in [0.1, 0.15) is 49.9 Å². The number of amides is 2. The third kappa shape index (κ3) is 5.20. The molecule has 0 aliphatic heterocycles. The Balaban J connectivity index is 2.04. The molecule has 1 aliphatic rings. The molecule has 1 aromatic carbocycles. The van der Waals surface area contributed by atoms with Gasteiger partial charge in [0.15, 0.2) is 0 Å². The molecule has 1 saturated carbocycles. The van der Waals surface area contributed by atoms with Gasteiger partial charge in [-0.15, -0.1) is 0 Å². The molecular weight excluding hydrogens is 386 g/mol. The minimum absolute atomic E-state index is 0.0500. The standard InChI is InChI=1S/C19H26ClN3O5/c1-12(2)16(18(26)21-11-19(8-9-24)6-3-7-19)22-17(25)14-5-4-13(23(27)28)10-15(14)20/h4-5,10,12,16,24H,3,6-9,11H2,1-2H3,(H,21,26)(H,22,25)/t16-/m0/s1. The van der Waals surface area contributed by atoms with Crippen molar-refractivity contribution in [3.63, 3.8) is 0 Å². The van der Waals surface area contributed by atoms with Crippen LogP contribution in [0.5, 0.6) is 0 Å². The molecule has 0 radical (unpaired) electrons. The Hall–Kier alpha value is -2.19. The monoisotopic (exact) mass is 411 g/mol. The molecule has 2 rings (SSSR count). The quantitative estimate of drug-likeness (QED) is 0.426. The molecule has 28 heavy (non-hydrogen) atoms. The van der Waals surface area contributed by atoms with E-state index in [4.69, 9.17) is 11.6 Å². The third-order valence-electron chi connectivity index (χ3n) is 5.34. The zero-order chi connectivity index (χ0) is 20.9. The second kappa shape index (κ2) is 9.34. The van der Waals surface area contributed by atoms with Crippen LogP contribution in [-0.2, 0) is 4.79 Å². The Kier molecular flexibility index (Phi) is 7.37. The van der Waals surface area contributed by atoms with Crippen LogP contribution in [0, 0.1) is 21.4 Å². The molecule has 1 fully saturated rings. The maximum Gasteiger partial charge on any atom is 0.270 e. The van der Waals surface area contributed by atoms with Gasteiger partial charge in [-0.3, -0.25) is 19.7 Å². The smallest absolute Gasteiger partial charge is 0.270 e. The zero-order valence-corrected chi connectivity index (χ0v) is 16.8. The number of carbonyl (C=O) groups is 2. The van der Waals surface area contributed by atoms with Crippen molar-refractivity contribution in [2.45, 2.75) is 45.6 Å². The number of hydrogen-bond donors (Lipinski definition) is 3. The van der Waals surface area contributed by atoms with Crippen LogP contribution in [0.15, 0.2) is 18.2 Å². The second-order valence-corrected chi connectivity index (χ2v) is 8.07. The molecule has 1 aromatic rings. The van der Waals surface area contributed by atoms with Gasteiger partial charge >= 0.3 is 0 Å². The summed E-state index contributed by atoms with van der Waals surface area (Å²) in [4.78, 5) is 35.4. The van der Waals surface area contributed by atoms with E-state index >= 15 is 0 Å². The van der Waals surface area contributed by atoms with Crippen molar-refractivity contribution >= 4 is 29.1 Å². The van der Waals surface area contributed by atoms with Gasteiger partial charge in [0.1, 0.15) is 6.04 Å². The minimum Gasteiger partial charge on any atom is -0.396 e. The predicted molar refractivity (Wildman–Crippen MR) is 105 cm³/mol. The molecule has 0 unspecified atom stereocenters. The van der Waals surface area contributed by atoms with Crippen molar-refractivity contribution in [1.82, 2.24) is 10.6 Å². The van der Waals surface area contributed by atoms with Gasteiger partial charge in [0.2, 0.25) is 5.91 Å². The van der Waals surface area contributed by atoms with Gasteiger partial charge in [-0.25, -0.2) is 0 Å². The molecule has 0 heterocycles. The van der Waals surface area contributed by atoms with Crippen molar-refractivity contribution < 1.29 is 19.6 Å². The van der Waals surface area contributed by atoms with Crippen molar-refractivity contribution in [3.8, 4) is 0 Å². The topological polar surface area (TPSA) is 122 Å². The first-order chi connectivity index (χ1) is 13.2. The summed E-state index contributed by atoms with van der Waals surface area (Å²) in [6.45, 7) is 4.17. The molecule has 3 N–H and O–H groups in total. The summed E-state index contributed by atoms with van der Waals surface area (Å²) in [7, 11) is 0. The molecule has 0 saturated heterocycles. The Morgan fingerprint density at radius 1 is 1.36 bits per heavy atom. The normalized spacial score (nSPS) is 16.2. The number of nitrogens with zero attached hydrogens (tertiary/aromatic N) is 1. The number of hydrogen-bond acceptors (Lipinski definition) is 5. The maximum absolute atomic E-state index is 12.7. The van der Waals surface area contributed by atoms with Crippen LogP contribution in [0.4, 0.5) is 5.69 Å². The summed E-state index contributed by atoms with van der Waals surface area (Å²) in [6.07, 6.45) is 3.65. The van der Waals surface area contributed by atoms with Crippen LogP contribution >= 0.6 is 11.6 Å². The van der Waals surface area contributed by atoms with Gasteiger partial charge in [-0.1, -0.05) is 31.9 Å². The van der Waals surface area contributed by atoms with E-state index in [1.165, 1.54) is 12.1 Å². The van der Waals surface area contributed by atoms with Crippen LogP contribution in [-0.4, -0.2) is 41.0 Å². The number of aliphatic hydroxyl groups is 1. The van der Waals surface area contributed by atoms with E-state index in [1.54, 1.807) is 0 Å². The molecule has 1 aliphatic carbocycles. The first-order valence-corrected chi connectivity index (χ1v) is 9.70. The van der Waals surface area contributed by atoms with Gasteiger partial charge in [-0.05, 0) is 36.7 Å². The lowest BCUT2D eigenvalue weighted by Gasteiger charge is -2.42. The Labute approximate surface area is 168 Å². The number of benzene rings is 1. The molecule has 1 atom stereocenters. The highest BCUT2D eigenvalue weighted by Gasteiger charge is 2.37. The number of halogens is 1. The van der Waals surface area contributed by atoms with E-state index in [0.717, 1.165) is 25.3 Å². The summed E-state index contributed by atoms with van der Waals surface area (Å²) in [6, 6.07) is 2.80. The van der Waals surface area contributed by atoms with Crippen LogP contribution in [0.25, 0.3) is 0 Å².